The molecule has 0 aliphatic rings. The van der Waals surface area contributed by atoms with E-state index in [2.05, 4.69) is 16.0 Å². The van der Waals surface area contributed by atoms with Gasteiger partial charge in [-0.2, -0.15) is 13.2 Å². The van der Waals surface area contributed by atoms with E-state index in [9.17, 15) is 13.2 Å². The minimum atomic E-state index is -4.34. The third kappa shape index (κ3) is 4.94. The summed E-state index contributed by atoms with van der Waals surface area (Å²) in [4.78, 5) is 6.11. The molecule has 1 rings (SSSR count). The first-order valence-electron chi connectivity index (χ1n) is 6.03. The summed E-state index contributed by atoms with van der Waals surface area (Å²) in [6.07, 6.45) is 1.12. The maximum absolute atomic E-state index is 12.4. The van der Waals surface area contributed by atoms with Gasteiger partial charge in [0, 0.05) is 6.42 Å². The van der Waals surface area contributed by atoms with E-state index in [0.717, 1.165) is 19.0 Å². The van der Waals surface area contributed by atoms with Crippen LogP contribution in [0.4, 0.5) is 13.2 Å². The highest BCUT2D eigenvalue weighted by molar-refractivity contribution is 5.05. The molecule has 0 aromatic carbocycles. The van der Waals surface area contributed by atoms with E-state index in [0.29, 0.717) is 18.2 Å². The van der Waals surface area contributed by atoms with Crippen molar-refractivity contribution in [3.63, 3.8) is 0 Å². The Hall–Kier alpha value is -1.26. The van der Waals surface area contributed by atoms with Crippen LogP contribution in [0.5, 0.6) is 0 Å². The Labute approximate surface area is 105 Å². The Bertz CT molecular complexity index is 401. The van der Waals surface area contributed by atoms with Crippen LogP contribution in [0.15, 0.2) is 17.8 Å². The first-order valence-corrected chi connectivity index (χ1v) is 6.03. The van der Waals surface area contributed by atoms with Crippen LogP contribution in [0.1, 0.15) is 45.1 Å². The molecule has 0 aliphatic heterocycles. The number of rotatable bonds is 5. The summed E-state index contributed by atoms with van der Waals surface area (Å²) in [5.74, 6) is 0.722. The van der Waals surface area contributed by atoms with Gasteiger partial charge in [0.15, 0.2) is 0 Å². The summed E-state index contributed by atoms with van der Waals surface area (Å²) >= 11 is 0. The number of hydrogen-bond donors (Lipinski definition) is 1. The van der Waals surface area contributed by atoms with Crippen LogP contribution in [0.3, 0.4) is 0 Å². The van der Waals surface area contributed by atoms with Crippen molar-refractivity contribution in [1.82, 2.24) is 9.97 Å². The number of halogens is 3. The topological polar surface area (TPSA) is 28.7 Å². The molecule has 1 unspecified atom stereocenters. The monoisotopic (exact) mass is 260 g/mol. The zero-order valence-electron chi connectivity index (χ0n) is 10.9. The number of nitrogens with zero attached hydrogens (tertiary/aromatic N) is 1. The standard InChI is InChI=1S/C13H19F3N2/c1-9(2)5-4-6-10(3)7-12-17-8-11(18-12)13(14,15)16/h5,8,10H,4,6-7H2,1-3H3,(H,17,18). The van der Waals surface area contributed by atoms with Crippen LogP contribution in [-0.2, 0) is 12.6 Å². The van der Waals surface area contributed by atoms with Crippen LogP contribution in [-0.4, -0.2) is 9.97 Å². The Kier molecular flexibility index (Phi) is 4.99. The molecule has 1 N–H and O–H groups in total. The summed E-state index contributed by atoms with van der Waals surface area (Å²) in [7, 11) is 0. The minimum Gasteiger partial charge on any atom is -0.338 e. The van der Waals surface area contributed by atoms with Crippen molar-refractivity contribution >= 4 is 0 Å². The lowest BCUT2D eigenvalue weighted by molar-refractivity contribution is -0.140. The van der Waals surface area contributed by atoms with Gasteiger partial charge >= 0.3 is 6.18 Å². The fraction of sp³-hybridized carbons (Fsp3) is 0.615. The smallest absolute Gasteiger partial charge is 0.338 e. The highest BCUT2D eigenvalue weighted by Gasteiger charge is 2.32. The zero-order valence-corrected chi connectivity index (χ0v) is 10.9. The van der Waals surface area contributed by atoms with Gasteiger partial charge < -0.3 is 4.98 Å². The first kappa shape index (κ1) is 14.8. The number of hydrogen-bond acceptors (Lipinski definition) is 1. The van der Waals surface area contributed by atoms with E-state index in [4.69, 9.17) is 0 Å². The molecule has 0 bridgehead atoms. The molecule has 1 heterocycles. The van der Waals surface area contributed by atoms with E-state index < -0.39 is 11.9 Å². The lowest BCUT2D eigenvalue weighted by Crippen LogP contribution is -2.06. The van der Waals surface area contributed by atoms with Crippen LogP contribution in [0.2, 0.25) is 0 Å². The van der Waals surface area contributed by atoms with Crippen LogP contribution in [0.25, 0.3) is 0 Å². The van der Waals surface area contributed by atoms with Gasteiger partial charge in [0.1, 0.15) is 11.5 Å². The quantitative estimate of drug-likeness (QED) is 0.783. The van der Waals surface area contributed by atoms with Crippen LogP contribution >= 0.6 is 0 Å². The van der Waals surface area contributed by atoms with Gasteiger partial charge in [-0.1, -0.05) is 18.6 Å². The SMILES string of the molecule is CC(C)=CCCC(C)Cc1ncc(C(F)(F)F)[nH]1. The molecule has 0 saturated heterocycles. The van der Waals surface area contributed by atoms with Gasteiger partial charge in [-0.25, -0.2) is 4.98 Å². The third-order valence-corrected chi connectivity index (χ3v) is 2.69. The van der Waals surface area contributed by atoms with Crippen molar-refractivity contribution in [2.24, 2.45) is 5.92 Å². The van der Waals surface area contributed by atoms with Crippen molar-refractivity contribution in [3.8, 4) is 0 Å². The van der Waals surface area contributed by atoms with Crippen LogP contribution in [0, 0.1) is 5.92 Å². The number of imidazole rings is 1. The summed E-state index contributed by atoms with van der Waals surface area (Å²) in [6, 6.07) is 0. The molecular weight excluding hydrogens is 241 g/mol. The van der Waals surface area contributed by atoms with Gasteiger partial charge in [-0.05, 0) is 32.6 Å². The maximum atomic E-state index is 12.4. The highest BCUT2D eigenvalue weighted by atomic mass is 19.4. The van der Waals surface area contributed by atoms with Crippen molar-refractivity contribution < 1.29 is 13.2 Å². The molecule has 2 nitrogen and oxygen atoms in total. The van der Waals surface area contributed by atoms with Crippen molar-refractivity contribution in [2.45, 2.75) is 46.2 Å². The van der Waals surface area contributed by atoms with Gasteiger partial charge in [-0.15, -0.1) is 0 Å². The zero-order chi connectivity index (χ0) is 13.8. The van der Waals surface area contributed by atoms with Gasteiger partial charge in [-0.3, -0.25) is 0 Å². The maximum Gasteiger partial charge on any atom is 0.432 e. The second-order valence-electron chi connectivity index (χ2n) is 4.91. The van der Waals surface area contributed by atoms with Crippen molar-refractivity contribution in [2.75, 3.05) is 0 Å². The molecule has 0 amide bonds. The number of aromatic amines is 1. The lowest BCUT2D eigenvalue weighted by atomic mass is 10.0. The fourth-order valence-electron chi connectivity index (χ4n) is 1.70. The Morgan fingerprint density at radius 2 is 2.11 bits per heavy atom. The lowest BCUT2D eigenvalue weighted by Gasteiger charge is -2.08. The van der Waals surface area contributed by atoms with Gasteiger partial charge in [0.05, 0.1) is 6.20 Å². The summed E-state index contributed by atoms with van der Waals surface area (Å²) in [5, 5.41) is 0. The minimum absolute atomic E-state index is 0.313. The normalized spacial score (nSPS) is 13.4. The second kappa shape index (κ2) is 6.07. The Morgan fingerprint density at radius 1 is 1.44 bits per heavy atom. The van der Waals surface area contributed by atoms with Crippen LogP contribution < -0.4 is 0 Å². The van der Waals surface area contributed by atoms with E-state index in [1.54, 1.807) is 0 Å². The van der Waals surface area contributed by atoms with Gasteiger partial charge in [0.2, 0.25) is 0 Å². The van der Waals surface area contributed by atoms with E-state index in [-0.39, 0.29) is 0 Å². The fourth-order valence-corrected chi connectivity index (χ4v) is 1.70. The first-order chi connectivity index (χ1) is 8.29. The number of aromatic nitrogens is 2. The number of allylic oxidation sites excluding steroid dienone is 2. The summed E-state index contributed by atoms with van der Waals surface area (Å²) in [5.41, 5.74) is 0.494. The Morgan fingerprint density at radius 3 is 2.61 bits per heavy atom. The summed E-state index contributed by atoms with van der Waals surface area (Å²) in [6.45, 7) is 6.09. The third-order valence-electron chi connectivity index (χ3n) is 2.69. The molecule has 1 atom stereocenters. The molecule has 1 aromatic heterocycles. The number of alkyl halides is 3. The molecular formula is C13H19F3N2. The molecule has 0 aliphatic carbocycles. The molecule has 5 heteroatoms. The van der Waals surface area contributed by atoms with E-state index in [1.807, 2.05) is 20.8 Å². The second-order valence-corrected chi connectivity index (χ2v) is 4.91. The Balaban J connectivity index is 2.47. The average Bonchev–Trinajstić information content (AvgIpc) is 2.64. The molecule has 102 valence electrons. The molecule has 0 saturated carbocycles. The predicted molar refractivity (Wildman–Crippen MR) is 65.1 cm³/mol. The summed E-state index contributed by atoms with van der Waals surface area (Å²) < 4.78 is 37.1. The predicted octanol–water partition coefficient (Wildman–Crippen LogP) is 4.35. The average molecular weight is 260 g/mol. The molecule has 0 radical (unpaired) electrons. The number of nitrogens with one attached hydrogen (secondary N) is 1. The molecule has 0 spiro atoms. The van der Waals surface area contributed by atoms with E-state index in [1.165, 1.54) is 5.57 Å². The molecule has 0 fully saturated rings. The van der Waals surface area contributed by atoms with Crippen molar-refractivity contribution in [1.29, 1.82) is 0 Å². The van der Waals surface area contributed by atoms with Crippen molar-refractivity contribution in [3.05, 3.63) is 29.4 Å². The number of H-pyrrole nitrogens is 1. The largest absolute Gasteiger partial charge is 0.432 e. The highest BCUT2D eigenvalue weighted by Crippen LogP contribution is 2.27. The molecule has 18 heavy (non-hydrogen) atoms. The van der Waals surface area contributed by atoms with Gasteiger partial charge in [0.25, 0.3) is 0 Å². The van der Waals surface area contributed by atoms with E-state index >= 15 is 0 Å². The molecule has 1 aromatic rings.